The molecular weight excluding hydrogens is 289 g/mol. The topological polar surface area (TPSA) is 54.9 Å². The maximum atomic E-state index is 11.3. The van der Waals surface area contributed by atoms with Gasteiger partial charge in [0.1, 0.15) is 4.88 Å². The molecule has 6 heteroatoms. The average Bonchev–Trinajstić information content (AvgIpc) is 2.47. The lowest BCUT2D eigenvalue weighted by atomic mass is 10.4. The summed E-state index contributed by atoms with van der Waals surface area (Å²) in [7, 11) is 0. The minimum absolute atomic E-state index is 0.0702. The molecule has 1 N–H and O–H groups in total. The van der Waals surface area contributed by atoms with E-state index < -0.39 is 0 Å². The molecule has 0 saturated carbocycles. The number of nitrogens with one attached hydrogen (secondary N) is 1. The predicted molar refractivity (Wildman–Crippen MR) is 55.9 cm³/mol. The van der Waals surface area contributed by atoms with E-state index in [4.69, 9.17) is 0 Å². The van der Waals surface area contributed by atoms with Gasteiger partial charge in [0.25, 0.3) is 5.91 Å². The number of aryl methyl sites for hydroxylation is 1. The van der Waals surface area contributed by atoms with Crippen LogP contribution in [0.5, 0.6) is 0 Å². The van der Waals surface area contributed by atoms with Crippen molar-refractivity contribution in [3.63, 3.8) is 0 Å². The number of aromatic nitrogens is 2. The summed E-state index contributed by atoms with van der Waals surface area (Å²) in [6.07, 6.45) is 0. The minimum atomic E-state index is -0.0702. The summed E-state index contributed by atoms with van der Waals surface area (Å²) in [5, 5.41) is 6.51. The van der Waals surface area contributed by atoms with E-state index in [2.05, 4.69) is 37.5 Å². The van der Waals surface area contributed by atoms with Gasteiger partial charge in [0.15, 0.2) is 0 Å². The lowest BCUT2D eigenvalue weighted by molar-refractivity contribution is 0.0959. The maximum absolute atomic E-state index is 11.3. The quantitative estimate of drug-likeness (QED) is 0.669. The molecule has 0 unspecified atom stereocenters. The van der Waals surface area contributed by atoms with Crippen LogP contribution in [0.2, 0.25) is 0 Å². The van der Waals surface area contributed by atoms with E-state index in [0.717, 1.165) is 16.0 Å². The maximum Gasteiger partial charge on any atom is 0.264 e. The third-order valence-corrected chi connectivity index (χ3v) is 2.60. The third-order valence-electron chi connectivity index (χ3n) is 1.24. The summed E-state index contributed by atoms with van der Waals surface area (Å²) in [5.41, 5.74) is 0.700. The minimum Gasteiger partial charge on any atom is -0.350 e. The molecule has 0 spiro atoms. The molecule has 0 aliphatic rings. The van der Waals surface area contributed by atoms with Gasteiger partial charge in [-0.15, -0.1) is 5.10 Å². The van der Waals surface area contributed by atoms with E-state index in [-0.39, 0.29) is 5.91 Å². The van der Waals surface area contributed by atoms with Crippen molar-refractivity contribution in [3.05, 3.63) is 10.6 Å². The fourth-order valence-corrected chi connectivity index (χ4v) is 1.52. The monoisotopic (exact) mass is 297 g/mol. The molecular formula is C6H8IN3OS. The highest BCUT2D eigenvalue weighted by Crippen LogP contribution is 2.07. The molecule has 66 valence electrons. The smallest absolute Gasteiger partial charge is 0.264 e. The fourth-order valence-electron chi connectivity index (χ4n) is 0.681. The van der Waals surface area contributed by atoms with Crippen LogP contribution in [0.15, 0.2) is 0 Å². The molecule has 1 aromatic rings. The summed E-state index contributed by atoms with van der Waals surface area (Å²) in [6, 6.07) is 0. The van der Waals surface area contributed by atoms with Gasteiger partial charge in [-0.25, -0.2) is 0 Å². The third kappa shape index (κ3) is 2.37. The first-order chi connectivity index (χ1) is 5.75. The molecule has 0 aliphatic carbocycles. The molecule has 12 heavy (non-hydrogen) atoms. The van der Waals surface area contributed by atoms with Crippen LogP contribution in [-0.2, 0) is 0 Å². The normalized spacial score (nSPS) is 9.83. The molecule has 0 saturated heterocycles. The number of nitrogens with zero attached hydrogens (tertiary/aromatic N) is 2. The number of amides is 1. The summed E-state index contributed by atoms with van der Waals surface area (Å²) >= 11 is 3.34. The van der Waals surface area contributed by atoms with Gasteiger partial charge in [0, 0.05) is 11.0 Å². The zero-order valence-corrected chi connectivity index (χ0v) is 9.48. The highest BCUT2D eigenvalue weighted by Gasteiger charge is 2.11. The summed E-state index contributed by atoms with van der Waals surface area (Å²) < 4.78 is 4.59. The van der Waals surface area contributed by atoms with Gasteiger partial charge < -0.3 is 5.32 Å². The van der Waals surface area contributed by atoms with Crippen molar-refractivity contribution in [2.24, 2.45) is 0 Å². The Bertz CT molecular complexity index is 276. The Hall–Kier alpha value is -0.240. The summed E-state index contributed by atoms with van der Waals surface area (Å²) in [6.45, 7) is 2.47. The van der Waals surface area contributed by atoms with Gasteiger partial charge >= 0.3 is 0 Å². The number of rotatable bonds is 3. The predicted octanol–water partition coefficient (Wildman–Crippen LogP) is 1.01. The molecule has 1 rings (SSSR count). The van der Waals surface area contributed by atoms with Crippen LogP contribution in [0.1, 0.15) is 15.4 Å². The number of halogens is 1. The fraction of sp³-hybridized carbons (Fsp3) is 0.500. The Morgan fingerprint density at radius 3 is 3.00 bits per heavy atom. The second kappa shape index (κ2) is 4.70. The largest absolute Gasteiger partial charge is 0.350 e. The first-order valence-electron chi connectivity index (χ1n) is 3.39. The summed E-state index contributed by atoms with van der Waals surface area (Å²) in [4.78, 5) is 11.9. The molecule has 0 radical (unpaired) electrons. The van der Waals surface area contributed by atoms with Crippen LogP contribution in [0.3, 0.4) is 0 Å². The number of hydrogen-bond donors (Lipinski definition) is 1. The van der Waals surface area contributed by atoms with Crippen molar-refractivity contribution in [2.45, 2.75) is 6.92 Å². The summed E-state index contributed by atoms with van der Waals surface area (Å²) in [5.74, 6) is -0.0702. The molecule has 1 amide bonds. The Morgan fingerprint density at radius 1 is 1.75 bits per heavy atom. The number of alkyl halides is 1. The lowest BCUT2D eigenvalue weighted by Gasteiger charge is -1.98. The van der Waals surface area contributed by atoms with Crippen LogP contribution >= 0.6 is 34.1 Å². The Morgan fingerprint density at radius 2 is 2.50 bits per heavy atom. The molecule has 0 fully saturated rings. The van der Waals surface area contributed by atoms with Crippen molar-refractivity contribution in [1.29, 1.82) is 0 Å². The molecule has 4 nitrogen and oxygen atoms in total. The Balaban J connectivity index is 2.59. The number of hydrogen-bond acceptors (Lipinski definition) is 4. The zero-order valence-electron chi connectivity index (χ0n) is 6.50. The Labute approximate surface area is 88.1 Å². The SMILES string of the molecule is Cc1nnsc1C(=O)NCCI. The van der Waals surface area contributed by atoms with Gasteiger partial charge in [-0.1, -0.05) is 27.1 Å². The molecule has 0 aliphatic heterocycles. The highest BCUT2D eigenvalue weighted by molar-refractivity contribution is 14.1. The standard InChI is InChI=1S/C6H8IN3OS/c1-4-5(12-10-9-4)6(11)8-3-2-7/h2-3H2,1H3,(H,8,11). The van der Waals surface area contributed by atoms with Crippen molar-refractivity contribution in [3.8, 4) is 0 Å². The highest BCUT2D eigenvalue weighted by atomic mass is 127. The lowest BCUT2D eigenvalue weighted by Crippen LogP contribution is -2.24. The van der Waals surface area contributed by atoms with Crippen LogP contribution in [0.25, 0.3) is 0 Å². The first kappa shape index (κ1) is 9.85. The van der Waals surface area contributed by atoms with Gasteiger partial charge in [-0.05, 0) is 18.5 Å². The van der Waals surface area contributed by atoms with E-state index in [0.29, 0.717) is 17.1 Å². The number of carbonyl (C=O) groups excluding carboxylic acids is 1. The van der Waals surface area contributed by atoms with E-state index in [1.54, 1.807) is 6.92 Å². The van der Waals surface area contributed by atoms with Crippen molar-refractivity contribution in [2.75, 3.05) is 11.0 Å². The van der Waals surface area contributed by atoms with Gasteiger partial charge in [-0.2, -0.15) is 0 Å². The zero-order chi connectivity index (χ0) is 8.97. The van der Waals surface area contributed by atoms with E-state index in [1.807, 2.05) is 0 Å². The van der Waals surface area contributed by atoms with Gasteiger partial charge in [-0.3, -0.25) is 4.79 Å². The molecule has 0 atom stereocenters. The second-order valence-electron chi connectivity index (χ2n) is 2.13. The molecule has 0 aromatic carbocycles. The average molecular weight is 297 g/mol. The molecule has 0 bridgehead atoms. The van der Waals surface area contributed by atoms with Crippen LogP contribution in [-0.4, -0.2) is 26.5 Å². The second-order valence-corrected chi connectivity index (χ2v) is 3.97. The first-order valence-corrected chi connectivity index (χ1v) is 5.68. The van der Waals surface area contributed by atoms with Gasteiger partial charge in [0.05, 0.1) is 5.69 Å². The van der Waals surface area contributed by atoms with Crippen LogP contribution < -0.4 is 5.32 Å². The molecule has 1 aromatic heterocycles. The van der Waals surface area contributed by atoms with Crippen LogP contribution in [0.4, 0.5) is 0 Å². The van der Waals surface area contributed by atoms with E-state index in [9.17, 15) is 4.79 Å². The van der Waals surface area contributed by atoms with E-state index >= 15 is 0 Å². The number of carbonyl (C=O) groups is 1. The van der Waals surface area contributed by atoms with Crippen molar-refractivity contribution in [1.82, 2.24) is 14.9 Å². The molecule has 1 heterocycles. The van der Waals surface area contributed by atoms with Crippen molar-refractivity contribution < 1.29 is 4.79 Å². The van der Waals surface area contributed by atoms with Crippen molar-refractivity contribution >= 4 is 40.0 Å². The Kier molecular flexibility index (Phi) is 3.86. The van der Waals surface area contributed by atoms with Gasteiger partial charge in [0.2, 0.25) is 0 Å². The van der Waals surface area contributed by atoms with Crippen LogP contribution in [0, 0.1) is 6.92 Å². The van der Waals surface area contributed by atoms with E-state index in [1.165, 1.54) is 0 Å².